The van der Waals surface area contributed by atoms with Gasteiger partial charge >= 0.3 is 0 Å². The molecule has 166 valence electrons. The largest absolute Gasteiger partial charge is 0.487 e. The minimum absolute atomic E-state index is 0.185. The predicted octanol–water partition coefficient (Wildman–Crippen LogP) is 2.00. The number of hydrogen-bond donors (Lipinski definition) is 2. The number of fused-ring (bicyclic) bond motifs is 2. The first-order valence-corrected chi connectivity index (χ1v) is 11.1. The van der Waals surface area contributed by atoms with Crippen LogP contribution in [0.5, 0.6) is 5.75 Å². The van der Waals surface area contributed by atoms with Crippen molar-refractivity contribution in [3.8, 4) is 5.75 Å². The van der Waals surface area contributed by atoms with Gasteiger partial charge in [0.15, 0.2) is 5.65 Å². The Morgan fingerprint density at radius 1 is 1.28 bits per heavy atom. The number of carbonyl (C=O) groups is 1. The van der Waals surface area contributed by atoms with E-state index in [1.54, 1.807) is 29.2 Å². The third-order valence-electron chi connectivity index (χ3n) is 6.75. The summed E-state index contributed by atoms with van der Waals surface area (Å²) in [5, 5.41) is 7.37. The molecule has 1 saturated heterocycles. The number of anilines is 2. The summed E-state index contributed by atoms with van der Waals surface area (Å²) in [5.74, 6) is 0.668. The Balaban J connectivity index is 1.35. The van der Waals surface area contributed by atoms with Crippen molar-refractivity contribution >= 4 is 22.9 Å². The molecule has 4 heterocycles. The van der Waals surface area contributed by atoms with E-state index in [2.05, 4.69) is 32.4 Å². The summed E-state index contributed by atoms with van der Waals surface area (Å²) in [6.07, 6.45) is 8.62. The third kappa shape index (κ3) is 3.28. The molecule has 3 aliphatic rings. The van der Waals surface area contributed by atoms with Crippen molar-refractivity contribution in [3.63, 3.8) is 0 Å². The maximum atomic E-state index is 13.2. The van der Waals surface area contributed by atoms with E-state index in [1.165, 1.54) is 0 Å². The Morgan fingerprint density at radius 2 is 2.16 bits per heavy atom. The smallest absolute Gasteiger partial charge is 0.261 e. The molecule has 9 nitrogen and oxygen atoms in total. The van der Waals surface area contributed by atoms with Crippen molar-refractivity contribution in [1.82, 2.24) is 14.6 Å². The van der Waals surface area contributed by atoms with Gasteiger partial charge in [0.25, 0.3) is 5.91 Å². The van der Waals surface area contributed by atoms with E-state index < -0.39 is 0 Å². The standard InChI is InChI=1S/C23H26N6O3/c24-16-2-3-23(13-16)12-15-10-18(19(11-20(15)32-23)28-6-8-31-9-7-28)27-22(30)17-14-26-29-5-1-4-25-21(17)29/h1,4-5,10-11,14,16H,2-3,6-9,12-13,24H2,(H,27,30)/t16?,23-/m1/s1. The van der Waals surface area contributed by atoms with E-state index in [0.717, 1.165) is 61.5 Å². The summed E-state index contributed by atoms with van der Waals surface area (Å²) in [5.41, 5.74) is 9.79. The van der Waals surface area contributed by atoms with Gasteiger partial charge in [-0.1, -0.05) is 0 Å². The number of aromatic nitrogens is 3. The number of hydrogen-bond acceptors (Lipinski definition) is 7. The fourth-order valence-corrected chi connectivity index (χ4v) is 5.19. The first-order chi connectivity index (χ1) is 15.6. The number of rotatable bonds is 3. The van der Waals surface area contributed by atoms with E-state index in [9.17, 15) is 4.79 Å². The Hall–Kier alpha value is -3.17. The molecule has 32 heavy (non-hydrogen) atoms. The van der Waals surface area contributed by atoms with Gasteiger partial charge in [-0.25, -0.2) is 9.50 Å². The molecule has 0 bridgehead atoms. The number of morpholine rings is 1. The summed E-state index contributed by atoms with van der Waals surface area (Å²) in [6, 6.07) is 6.10. The van der Waals surface area contributed by atoms with E-state index in [0.29, 0.717) is 24.4 Å². The second kappa shape index (κ2) is 7.46. The minimum atomic E-state index is -0.232. The first kappa shape index (κ1) is 19.5. The third-order valence-corrected chi connectivity index (χ3v) is 6.75. The molecule has 2 aromatic heterocycles. The molecule has 3 aromatic rings. The molecule has 6 rings (SSSR count). The van der Waals surface area contributed by atoms with E-state index in [-0.39, 0.29) is 17.6 Å². The number of benzene rings is 1. The molecule has 1 aliphatic carbocycles. The molecular weight excluding hydrogens is 408 g/mol. The van der Waals surface area contributed by atoms with Crippen LogP contribution >= 0.6 is 0 Å². The van der Waals surface area contributed by atoms with Crippen LogP contribution in [0.25, 0.3) is 5.65 Å². The lowest BCUT2D eigenvalue weighted by Crippen LogP contribution is -2.36. The Kier molecular flexibility index (Phi) is 4.55. The summed E-state index contributed by atoms with van der Waals surface area (Å²) >= 11 is 0. The lowest BCUT2D eigenvalue weighted by atomic mass is 9.95. The fourth-order valence-electron chi connectivity index (χ4n) is 5.19. The predicted molar refractivity (Wildman–Crippen MR) is 119 cm³/mol. The molecule has 2 aliphatic heterocycles. The van der Waals surface area contributed by atoms with Crippen LogP contribution in [0.15, 0.2) is 36.8 Å². The van der Waals surface area contributed by atoms with Crippen molar-refractivity contribution in [2.75, 3.05) is 36.5 Å². The molecule has 1 aromatic carbocycles. The maximum absolute atomic E-state index is 13.2. The molecule has 1 unspecified atom stereocenters. The van der Waals surface area contributed by atoms with Gasteiger partial charge in [-0.2, -0.15) is 5.10 Å². The Bertz CT molecular complexity index is 1190. The highest BCUT2D eigenvalue weighted by Gasteiger charge is 2.45. The van der Waals surface area contributed by atoms with Crippen molar-refractivity contribution in [3.05, 3.63) is 47.9 Å². The Labute approximate surface area is 185 Å². The summed E-state index contributed by atoms with van der Waals surface area (Å²) in [6.45, 7) is 2.83. The highest BCUT2D eigenvalue weighted by Crippen LogP contribution is 2.47. The Morgan fingerprint density at radius 3 is 2.97 bits per heavy atom. The zero-order valence-electron chi connectivity index (χ0n) is 17.8. The van der Waals surface area contributed by atoms with Crippen LogP contribution in [0.2, 0.25) is 0 Å². The average molecular weight is 435 g/mol. The van der Waals surface area contributed by atoms with Crippen LogP contribution in [0, 0.1) is 0 Å². The normalized spacial score (nSPS) is 24.7. The molecule has 2 atom stereocenters. The molecule has 1 spiro atoms. The van der Waals surface area contributed by atoms with Gasteiger partial charge < -0.3 is 25.4 Å². The molecule has 2 fully saturated rings. The second-order valence-electron chi connectivity index (χ2n) is 8.94. The number of nitrogens with zero attached hydrogens (tertiary/aromatic N) is 4. The summed E-state index contributed by atoms with van der Waals surface area (Å²) in [4.78, 5) is 19.8. The highest BCUT2D eigenvalue weighted by atomic mass is 16.5. The van der Waals surface area contributed by atoms with Gasteiger partial charge in [0, 0.05) is 56.0 Å². The van der Waals surface area contributed by atoms with Crippen LogP contribution in [-0.4, -0.2) is 58.5 Å². The zero-order chi connectivity index (χ0) is 21.7. The first-order valence-electron chi connectivity index (χ1n) is 11.1. The molecule has 1 amide bonds. The number of nitrogens with two attached hydrogens (primary N) is 1. The molecule has 3 N–H and O–H groups in total. The fraction of sp³-hybridized carbons (Fsp3) is 0.435. The van der Waals surface area contributed by atoms with E-state index >= 15 is 0 Å². The van der Waals surface area contributed by atoms with Crippen LogP contribution in [0.1, 0.15) is 35.2 Å². The molecule has 1 saturated carbocycles. The number of ether oxygens (including phenoxy) is 2. The summed E-state index contributed by atoms with van der Waals surface area (Å²) in [7, 11) is 0. The van der Waals surface area contributed by atoms with Crippen molar-refractivity contribution in [2.24, 2.45) is 5.73 Å². The quantitative estimate of drug-likeness (QED) is 0.649. The lowest BCUT2D eigenvalue weighted by molar-refractivity contribution is 0.101. The monoisotopic (exact) mass is 434 g/mol. The number of nitrogens with one attached hydrogen (secondary N) is 1. The molecular formula is C23H26N6O3. The van der Waals surface area contributed by atoms with Crippen LogP contribution in [0.3, 0.4) is 0 Å². The zero-order valence-corrected chi connectivity index (χ0v) is 17.8. The van der Waals surface area contributed by atoms with Gasteiger partial charge in [0.2, 0.25) is 0 Å². The minimum Gasteiger partial charge on any atom is -0.487 e. The van der Waals surface area contributed by atoms with Crippen molar-refractivity contribution in [2.45, 2.75) is 37.3 Å². The maximum Gasteiger partial charge on any atom is 0.261 e. The topological polar surface area (TPSA) is 107 Å². The van der Waals surface area contributed by atoms with Crippen molar-refractivity contribution < 1.29 is 14.3 Å². The van der Waals surface area contributed by atoms with Gasteiger partial charge in [-0.3, -0.25) is 4.79 Å². The lowest BCUT2D eigenvalue weighted by Gasteiger charge is -2.31. The highest BCUT2D eigenvalue weighted by molar-refractivity contribution is 6.09. The summed E-state index contributed by atoms with van der Waals surface area (Å²) < 4.78 is 13.6. The van der Waals surface area contributed by atoms with Crippen LogP contribution in [0.4, 0.5) is 11.4 Å². The van der Waals surface area contributed by atoms with E-state index in [4.69, 9.17) is 15.2 Å². The van der Waals surface area contributed by atoms with Crippen LogP contribution < -0.4 is 20.7 Å². The van der Waals surface area contributed by atoms with Crippen molar-refractivity contribution in [1.29, 1.82) is 0 Å². The van der Waals surface area contributed by atoms with Gasteiger partial charge in [-0.15, -0.1) is 0 Å². The van der Waals surface area contributed by atoms with Gasteiger partial charge in [0.05, 0.1) is 30.8 Å². The van der Waals surface area contributed by atoms with E-state index in [1.807, 2.05) is 0 Å². The average Bonchev–Trinajstić information content (AvgIpc) is 3.49. The molecule has 9 heteroatoms. The van der Waals surface area contributed by atoms with Crippen LogP contribution in [-0.2, 0) is 11.2 Å². The second-order valence-corrected chi connectivity index (χ2v) is 8.94. The number of carbonyl (C=O) groups excluding carboxylic acids is 1. The SMILES string of the molecule is NC1CC[C@@]2(Cc3cc(NC(=O)c4cnn5cccnc45)c(N4CCOCC4)cc3O2)C1. The van der Waals surface area contributed by atoms with Gasteiger partial charge in [0.1, 0.15) is 16.9 Å². The molecule has 0 radical (unpaired) electrons. The van der Waals surface area contributed by atoms with Gasteiger partial charge in [-0.05, 0) is 25.0 Å². The number of amides is 1.